The highest BCUT2D eigenvalue weighted by atomic mass is 16.5. The summed E-state index contributed by atoms with van der Waals surface area (Å²) < 4.78 is 10.8. The summed E-state index contributed by atoms with van der Waals surface area (Å²) in [4.78, 5) is 11.2. The Kier molecular flexibility index (Phi) is 4.29. The highest BCUT2D eigenvalue weighted by Crippen LogP contribution is 2.35. The molecule has 22 heavy (non-hydrogen) atoms. The molecule has 1 aliphatic rings. The van der Waals surface area contributed by atoms with Crippen LogP contribution in [0.15, 0.2) is 18.5 Å². The van der Waals surface area contributed by atoms with Gasteiger partial charge in [-0.15, -0.1) is 0 Å². The fourth-order valence-electron chi connectivity index (χ4n) is 3.00. The molecule has 0 aliphatic carbocycles. The number of anilines is 1. The van der Waals surface area contributed by atoms with Crippen molar-refractivity contribution in [2.45, 2.75) is 18.9 Å². The monoisotopic (exact) mass is 302 g/mol. The van der Waals surface area contributed by atoms with E-state index < -0.39 is 0 Å². The van der Waals surface area contributed by atoms with Crippen LogP contribution in [0, 0.1) is 0 Å². The van der Waals surface area contributed by atoms with E-state index in [4.69, 9.17) is 9.47 Å². The summed E-state index contributed by atoms with van der Waals surface area (Å²) in [6.45, 7) is 1.98. The number of benzene rings is 1. The van der Waals surface area contributed by atoms with Gasteiger partial charge >= 0.3 is 0 Å². The molecule has 3 rings (SSSR count). The second-order valence-corrected chi connectivity index (χ2v) is 5.47. The van der Waals surface area contributed by atoms with Crippen LogP contribution in [0.1, 0.15) is 12.8 Å². The normalized spacial score (nSPS) is 16.0. The van der Waals surface area contributed by atoms with Crippen LogP contribution in [0.25, 0.3) is 10.9 Å². The first-order valence-corrected chi connectivity index (χ1v) is 7.55. The predicted octanol–water partition coefficient (Wildman–Crippen LogP) is 1.84. The Morgan fingerprint density at radius 1 is 1.09 bits per heavy atom. The van der Waals surface area contributed by atoms with Crippen LogP contribution in [-0.4, -0.2) is 50.4 Å². The molecule has 6 nitrogen and oxygen atoms in total. The van der Waals surface area contributed by atoms with Gasteiger partial charge < -0.3 is 19.7 Å². The second-order valence-electron chi connectivity index (χ2n) is 5.47. The molecule has 1 N–H and O–H groups in total. The largest absolute Gasteiger partial charge is 0.493 e. The first-order valence-electron chi connectivity index (χ1n) is 7.55. The van der Waals surface area contributed by atoms with Gasteiger partial charge in [-0.2, -0.15) is 0 Å². The minimum atomic E-state index is 0.596. The van der Waals surface area contributed by atoms with E-state index in [9.17, 15) is 0 Å². The molecule has 1 aromatic heterocycles. The van der Waals surface area contributed by atoms with Gasteiger partial charge in [0.05, 0.1) is 19.7 Å². The Morgan fingerprint density at radius 2 is 1.77 bits per heavy atom. The van der Waals surface area contributed by atoms with Crippen molar-refractivity contribution in [2.75, 3.05) is 39.3 Å². The number of nitrogens with zero attached hydrogens (tertiary/aromatic N) is 3. The van der Waals surface area contributed by atoms with Crippen molar-refractivity contribution in [1.29, 1.82) is 0 Å². The third kappa shape index (κ3) is 2.66. The van der Waals surface area contributed by atoms with Gasteiger partial charge in [-0.25, -0.2) is 9.97 Å². The molecule has 0 unspecified atom stereocenters. The molecule has 2 aromatic rings. The predicted molar refractivity (Wildman–Crippen MR) is 86.9 cm³/mol. The van der Waals surface area contributed by atoms with E-state index in [-0.39, 0.29) is 0 Å². The van der Waals surface area contributed by atoms with Crippen LogP contribution in [0.2, 0.25) is 0 Å². The molecule has 0 radical (unpaired) electrons. The first kappa shape index (κ1) is 14.8. The number of piperidine rings is 1. The molecule has 0 atom stereocenters. The van der Waals surface area contributed by atoms with Crippen molar-refractivity contribution >= 4 is 16.7 Å². The SMILES string of the molecule is CNC1CCN(c2ncnc3cc(OC)c(OC)cc23)CC1. The van der Waals surface area contributed by atoms with E-state index in [1.165, 1.54) is 0 Å². The number of hydrogen-bond acceptors (Lipinski definition) is 6. The van der Waals surface area contributed by atoms with Crippen molar-refractivity contribution < 1.29 is 9.47 Å². The Labute approximate surface area is 130 Å². The fraction of sp³-hybridized carbons (Fsp3) is 0.500. The Morgan fingerprint density at radius 3 is 2.41 bits per heavy atom. The third-order valence-electron chi connectivity index (χ3n) is 4.32. The number of ether oxygens (including phenoxy) is 2. The summed E-state index contributed by atoms with van der Waals surface area (Å²) in [5.74, 6) is 2.37. The van der Waals surface area contributed by atoms with Gasteiger partial charge in [0.1, 0.15) is 12.1 Å². The van der Waals surface area contributed by atoms with Crippen LogP contribution in [0.3, 0.4) is 0 Å². The van der Waals surface area contributed by atoms with Crippen molar-refractivity contribution in [3.05, 3.63) is 18.5 Å². The minimum absolute atomic E-state index is 0.596. The Bertz CT molecular complexity index is 654. The van der Waals surface area contributed by atoms with Gasteiger partial charge in [0.25, 0.3) is 0 Å². The number of fused-ring (bicyclic) bond motifs is 1. The van der Waals surface area contributed by atoms with Crippen molar-refractivity contribution in [3.63, 3.8) is 0 Å². The number of nitrogens with one attached hydrogen (secondary N) is 1. The Balaban J connectivity index is 1.99. The quantitative estimate of drug-likeness (QED) is 0.930. The zero-order valence-corrected chi connectivity index (χ0v) is 13.3. The number of rotatable bonds is 4. The highest BCUT2D eigenvalue weighted by molar-refractivity contribution is 5.92. The van der Waals surface area contributed by atoms with Crippen molar-refractivity contribution in [3.8, 4) is 11.5 Å². The van der Waals surface area contributed by atoms with Crippen LogP contribution in [0.5, 0.6) is 11.5 Å². The lowest BCUT2D eigenvalue weighted by Gasteiger charge is -2.33. The van der Waals surface area contributed by atoms with Gasteiger partial charge in [0, 0.05) is 30.6 Å². The van der Waals surface area contributed by atoms with E-state index in [1.54, 1.807) is 20.5 Å². The average Bonchev–Trinajstić information content (AvgIpc) is 2.60. The molecular weight excluding hydrogens is 280 g/mol. The molecule has 0 saturated carbocycles. The maximum absolute atomic E-state index is 5.41. The smallest absolute Gasteiger partial charge is 0.162 e. The molecule has 0 spiro atoms. The molecule has 0 amide bonds. The van der Waals surface area contributed by atoms with E-state index in [0.717, 1.165) is 42.7 Å². The van der Waals surface area contributed by atoms with Gasteiger partial charge in [0.15, 0.2) is 11.5 Å². The van der Waals surface area contributed by atoms with E-state index in [1.807, 2.05) is 19.2 Å². The lowest BCUT2D eigenvalue weighted by molar-refractivity contribution is 0.355. The summed E-state index contributed by atoms with van der Waals surface area (Å²) in [6.07, 6.45) is 3.86. The molecule has 1 aliphatic heterocycles. The van der Waals surface area contributed by atoms with Gasteiger partial charge in [-0.05, 0) is 26.0 Å². The average molecular weight is 302 g/mol. The van der Waals surface area contributed by atoms with Crippen LogP contribution in [-0.2, 0) is 0 Å². The summed E-state index contributed by atoms with van der Waals surface area (Å²) >= 11 is 0. The molecule has 6 heteroatoms. The lowest BCUT2D eigenvalue weighted by Crippen LogP contribution is -2.41. The van der Waals surface area contributed by atoms with E-state index in [0.29, 0.717) is 17.5 Å². The lowest BCUT2D eigenvalue weighted by atomic mass is 10.0. The molecule has 118 valence electrons. The Hall–Kier alpha value is -2.08. The van der Waals surface area contributed by atoms with Gasteiger partial charge in [-0.1, -0.05) is 0 Å². The zero-order valence-electron chi connectivity index (χ0n) is 13.3. The molecule has 0 bridgehead atoms. The molecular formula is C16H22N4O2. The second kappa shape index (κ2) is 6.36. The molecule has 1 saturated heterocycles. The minimum Gasteiger partial charge on any atom is -0.493 e. The summed E-state index contributed by atoms with van der Waals surface area (Å²) in [7, 11) is 5.30. The fourth-order valence-corrected chi connectivity index (χ4v) is 3.00. The first-order chi connectivity index (χ1) is 10.8. The van der Waals surface area contributed by atoms with E-state index in [2.05, 4.69) is 20.2 Å². The summed E-state index contributed by atoms with van der Waals surface area (Å²) in [5, 5.41) is 4.35. The summed E-state index contributed by atoms with van der Waals surface area (Å²) in [5.41, 5.74) is 0.874. The standard InChI is InChI=1S/C16H22N4O2/c1-17-11-4-6-20(7-5-11)16-12-8-14(21-2)15(22-3)9-13(12)18-10-19-16/h8-11,17H,4-7H2,1-3H3. The van der Waals surface area contributed by atoms with Gasteiger partial charge in [0.2, 0.25) is 0 Å². The van der Waals surface area contributed by atoms with E-state index >= 15 is 0 Å². The van der Waals surface area contributed by atoms with Crippen LogP contribution in [0.4, 0.5) is 5.82 Å². The molecule has 1 fully saturated rings. The van der Waals surface area contributed by atoms with Crippen molar-refractivity contribution in [2.24, 2.45) is 0 Å². The third-order valence-corrected chi connectivity index (χ3v) is 4.32. The zero-order chi connectivity index (χ0) is 15.5. The number of methoxy groups -OCH3 is 2. The number of aromatic nitrogens is 2. The van der Waals surface area contributed by atoms with Gasteiger partial charge in [-0.3, -0.25) is 0 Å². The maximum Gasteiger partial charge on any atom is 0.162 e. The number of hydrogen-bond donors (Lipinski definition) is 1. The van der Waals surface area contributed by atoms with Crippen LogP contribution < -0.4 is 19.7 Å². The highest BCUT2D eigenvalue weighted by Gasteiger charge is 2.21. The van der Waals surface area contributed by atoms with Crippen LogP contribution >= 0.6 is 0 Å². The molecule has 2 heterocycles. The maximum atomic E-state index is 5.41. The topological polar surface area (TPSA) is 59.5 Å². The van der Waals surface area contributed by atoms with Crippen molar-refractivity contribution in [1.82, 2.24) is 15.3 Å². The molecule has 1 aromatic carbocycles. The summed E-state index contributed by atoms with van der Waals surface area (Å²) in [6, 6.07) is 4.46.